The second-order valence-electron chi connectivity index (χ2n) is 7.17. The minimum atomic E-state index is -0.216. The highest BCUT2D eigenvalue weighted by molar-refractivity contribution is 5.68. The van der Waals surface area contributed by atoms with Crippen molar-refractivity contribution in [3.63, 3.8) is 0 Å². The van der Waals surface area contributed by atoms with Gasteiger partial charge in [0.1, 0.15) is 18.7 Å². The summed E-state index contributed by atoms with van der Waals surface area (Å²) in [5.74, 6) is 1.26. The Hall–Kier alpha value is -3.36. The van der Waals surface area contributed by atoms with Crippen LogP contribution in [-0.2, 0) is 13.6 Å². The van der Waals surface area contributed by atoms with Crippen LogP contribution in [0, 0.1) is 5.82 Å². The lowest BCUT2D eigenvalue weighted by atomic mass is 9.71. The van der Waals surface area contributed by atoms with Crippen LogP contribution in [0.2, 0.25) is 0 Å². The van der Waals surface area contributed by atoms with Gasteiger partial charge in [-0.05, 0) is 36.5 Å². The van der Waals surface area contributed by atoms with E-state index in [1.165, 1.54) is 17.0 Å². The van der Waals surface area contributed by atoms with Crippen LogP contribution < -0.4 is 5.56 Å². The molecule has 0 radical (unpaired) electrons. The SMILES string of the molecule is Cn1cnc2ncn(Cc3nc([C@H]4C[C@H](c5cccc(F)c5)C4)no3)c(=O)c21. The molecule has 0 spiro atoms. The normalized spacial score (nSPS) is 19.1. The average molecular weight is 380 g/mol. The van der Waals surface area contributed by atoms with Crippen molar-refractivity contribution in [3.05, 3.63) is 70.4 Å². The van der Waals surface area contributed by atoms with Gasteiger partial charge in [0.25, 0.3) is 5.56 Å². The lowest BCUT2D eigenvalue weighted by molar-refractivity contribution is 0.314. The van der Waals surface area contributed by atoms with E-state index in [2.05, 4.69) is 20.1 Å². The Morgan fingerprint density at radius 1 is 1.21 bits per heavy atom. The van der Waals surface area contributed by atoms with Crippen LogP contribution in [0.15, 0.2) is 46.2 Å². The van der Waals surface area contributed by atoms with Gasteiger partial charge in [0.05, 0.1) is 6.33 Å². The minimum absolute atomic E-state index is 0.153. The van der Waals surface area contributed by atoms with Gasteiger partial charge in [-0.3, -0.25) is 9.36 Å². The summed E-state index contributed by atoms with van der Waals surface area (Å²) in [5.41, 5.74) is 1.63. The van der Waals surface area contributed by atoms with Gasteiger partial charge in [-0.2, -0.15) is 4.98 Å². The number of aromatic nitrogens is 6. The first-order valence-electron chi connectivity index (χ1n) is 9.03. The molecular weight excluding hydrogens is 363 g/mol. The van der Waals surface area contributed by atoms with Crippen LogP contribution in [0.5, 0.6) is 0 Å². The molecule has 5 rings (SSSR count). The lowest BCUT2D eigenvalue weighted by Gasteiger charge is -2.33. The zero-order valence-corrected chi connectivity index (χ0v) is 15.1. The van der Waals surface area contributed by atoms with E-state index in [9.17, 15) is 9.18 Å². The molecule has 8 nitrogen and oxygen atoms in total. The first kappa shape index (κ1) is 16.8. The van der Waals surface area contributed by atoms with Gasteiger partial charge in [0.15, 0.2) is 17.0 Å². The van der Waals surface area contributed by atoms with E-state index < -0.39 is 0 Å². The zero-order valence-electron chi connectivity index (χ0n) is 15.1. The van der Waals surface area contributed by atoms with Gasteiger partial charge in [0, 0.05) is 13.0 Å². The van der Waals surface area contributed by atoms with Crippen LogP contribution in [0.1, 0.15) is 42.0 Å². The van der Waals surface area contributed by atoms with Crippen molar-refractivity contribution in [3.8, 4) is 0 Å². The Morgan fingerprint density at radius 2 is 2.04 bits per heavy atom. The number of benzene rings is 1. The van der Waals surface area contributed by atoms with E-state index in [0.29, 0.717) is 28.8 Å². The van der Waals surface area contributed by atoms with Gasteiger partial charge >= 0.3 is 0 Å². The number of fused-ring (bicyclic) bond motifs is 1. The van der Waals surface area contributed by atoms with Crippen molar-refractivity contribution in [1.82, 2.24) is 29.2 Å². The molecular formula is C19H17FN6O2. The largest absolute Gasteiger partial charge is 0.337 e. The molecule has 0 bridgehead atoms. The molecule has 0 aliphatic heterocycles. The van der Waals surface area contributed by atoms with Crippen LogP contribution >= 0.6 is 0 Å². The molecule has 28 heavy (non-hydrogen) atoms. The minimum Gasteiger partial charge on any atom is -0.337 e. The van der Waals surface area contributed by atoms with Crippen LogP contribution in [0.25, 0.3) is 11.2 Å². The van der Waals surface area contributed by atoms with Gasteiger partial charge in [0.2, 0.25) is 5.89 Å². The summed E-state index contributed by atoms with van der Waals surface area (Å²) in [4.78, 5) is 25.3. The molecule has 9 heteroatoms. The van der Waals surface area contributed by atoms with E-state index in [1.807, 2.05) is 6.07 Å². The number of hydrogen-bond donors (Lipinski definition) is 0. The van der Waals surface area contributed by atoms with E-state index in [0.717, 1.165) is 18.4 Å². The van der Waals surface area contributed by atoms with Gasteiger partial charge in [-0.25, -0.2) is 14.4 Å². The molecule has 1 aliphatic carbocycles. The van der Waals surface area contributed by atoms with E-state index in [4.69, 9.17) is 4.52 Å². The molecule has 3 aromatic heterocycles. The molecule has 0 atom stereocenters. The highest BCUT2D eigenvalue weighted by Gasteiger charge is 2.34. The fourth-order valence-electron chi connectivity index (χ4n) is 3.69. The lowest BCUT2D eigenvalue weighted by Crippen LogP contribution is -2.23. The van der Waals surface area contributed by atoms with Crippen LogP contribution in [-0.4, -0.2) is 29.2 Å². The maximum absolute atomic E-state index is 13.4. The Labute approximate surface area is 158 Å². The quantitative estimate of drug-likeness (QED) is 0.540. The fourth-order valence-corrected chi connectivity index (χ4v) is 3.69. The predicted octanol–water partition coefficient (Wildman–Crippen LogP) is 2.36. The monoisotopic (exact) mass is 380 g/mol. The second kappa shape index (κ2) is 6.36. The number of nitrogens with zero attached hydrogens (tertiary/aromatic N) is 6. The highest BCUT2D eigenvalue weighted by Crippen LogP contribution is 2.46. The summed E-state index contributed by atoms with van der Waals surface area (Å²) in [5, 5.41) is 4.07. The molecule has 1 aliphatic rings. The molecule has 3 heterocycles. The Bertz CT molecular complexity index is 1220. The zero-order chi connectivity index (χ0) is 19.3. The smallest absolute Gasteiger partial charge is 0.280 e. The van der Waals surface area contributed by atoms with E-state index in [1.54, 1.807) is 30.1 Å². The Morgan fingerprint density at radius 3 is 2.86 bits per heavy atom. The van der Waals surface area contributed by atoms with Crippen molar-refractivity contribution in [2.24, 2.45) is 7.05 Å². The van der Waals surface area contributed by atoms with E-state index in [-0.39, 0.29) is 23.8 Å². The Balaban J connectivity index is 1.31. The predicted molar refractivity (Wildman–Crippen MR) is 97.3 cm³/mol. The number of aryl methyl sites for hydroxylation is 1. The average Bonchev–Trinajstić information content (AvgIpc) is 3.24. The van der Waals surface area contributed by atoms with Gasteiger partial charge in [-0.1, -0.05) is 17.3 Å². The molecule has 1 fully saturated rings. The molecule has 1 saturated carbocycles. The first-order chi connectivity index (χ1) is 13.6. The van der Waals surface area contributed by atoms with Gasteiger partial charge < -0.3 is 9.09 Å². The third-order valence-corrected chi connectivity index (χ3v) is 5.31. The number of imidazole rings is 1. The maximum Gasteiger partial charge on any atom is 0.280 e. The standard InChI is InChI=1S/C19H17FN6O2/c1-25-9-21-18-16(25)19(27)26(10-22-18)8-15-23-17(24-28-15)13-5-12(6-13)11-3-2-4-14(20)7-11/h2-4,7,9-10,12-13H,5-6,8H2,1H3/t12-,13-. The first-order valence-corrected chi connectivity index (χ1v) is 9.03. The second-order valence-corrected chi connectivity index (χ2v) is 7.17. The molecule has 0 unspecified atom stereocenters. The molecule has 142 valence electrons. The summed E-state index contributed by atoms with van der Waals surface area (Å²) < 4.78 is 21.8. The third-order valence-electron chi connectivity index (χ3n) is 5.31. The maximum atomic E-state index is 13.4. The molecule has 0 N–H and O–H groups in total. The van der Waals surface area contributed by atoms with Crippen molar-refractivity contribution < 1.29 is 8.91 Å². The summed E-state index contributed by atoms with van der Waals surface area (Å²) in [6, 6.07) is 6.70. The molecule has 0 amide bonds. The number of hydrogen-bond acceptors (Lipinski definition) is 6. The van der Waals surface area contributed by atoms with Gasteiger partial charge in [-0.15, -0.1) is 0 Å². The summed E-state index contributed by atoms with van der Waals surface area (Å²) in [7, 11) is 1.75. The topological polar surface area (TPSA) is 91.6 Å². The Kier molecular flexibility index (Phi) is 3.81. The third kappa shape index (κ3) is 2.79. The molecule has 0 saturated heterocycles. The van der Waals surface area contributed by atoms with Crippen molar-refractivity contribution in [2.75, 3.05) is 0 Å². The van der Waals surface area contributed by atoms with E-state index >= 15 is 0 Å². The van der Waals surface area contributed by atoms with Crippen molar-refractivity contribution in [2.45, 2.75) is 31.2 Å². The fraction of sp³-hybridized carbons (Fsp3) is 0.316. The summed E-state index contributed by atoms with van der Waals surface area (Å²) >= 11 is 0. The van der Waals surface area contributed by atoms with Crippen molar-refractivity contribution >= 4 is 11.2 Å². The summed E-state index contributed by atoms with van der Waals surface area (Å²) in [6.45, 7) is 0.153. The van der Waals surface area contributed by atoms with Crippen LogP contribution in [0.3, 0.4) is 0 Å². The number of rotatable bonds is 4. The summed E-state index contributed by atoms with van der Waals surface area (Å²) in [6.07, 6.45) is 4.69. The van der Waals surface area contributed by atoms with Crippen molar-refractivity contribution in [1.29, 1.82) is 0 Å². The molecule has 1 aromatic carbocycles. The number of halogens is 1. The molecule has 4 aromatic rings. The van der Waals surface area contributed by atoms with Crippen LogP contribution in [0.4, 0.5) is 4.39 Å². The highest BCUT2D eigenvalue weighted by atomic mass is 19.1.